The number of nitrogens with one attached hydrogen (secondary N) is 1. The third kappa shape index (κ3) is 2.68. The van der Waals surface area contributed by atoms with Crippen molar-refractivity contribution in [1.29, 1.82) is 0 Å². The van der Waals surface area contributed by atoms with E-state index in [1.807, 2.05) is 18.7 Å². The Kier molecular flexibility index (Phi) is 3.81. The van der Waals surface area contributed by atoms with E-state index in [0.29, 0.717) is 5.92 Å². The second-order valence-electron chi connectivity index (χ2n) is 4.98. The van der Waals surface area contributed by atoms with E-state index < -0.39 is 0 Å². The van der Waals surface area contributed by atoms with Crippen molar-refractivity contribution in [1.82, 2.24) is 15.2 Å². The molecule has 0 aromatic carbocycles. The molecule has 1 aliphatic heterocycles. The molecule has 1 aliphatic rings. The number of ether oxygens (including phenoxy) is 1. The first-order chi connectivity index (χ1) is 8.11. The summed E-state index contributed by atoms with van der Waals surface area (Å²) in [6.07, 6.45) is 2.17. The molecule has 5 nitrogen and oxygen atoms in total. The molecule has 3 unspecified atom stereocenters. The van der Waals surface area contributed by atoms with Crippen LogP contribution in [0.5, 0.6) is 0 Å². The number of nitrogens with two attached hydrogens (primary N) is 1. The molecule has 0 radical (unpaired) electrons. The third-order valence-corrected chi connectivity index (χ3v) is 3.58. The number of aryl methyl sites for hydroxylation is 2. The smallest absolute Gasteiger partial charge is 0.0771 e. The van der Waals surface area contributed by atoms with Crippen LogP contribution < -0.4 is 11.3 Å². The Morgan fingerprint density at radius 3 is 2.94 bits per heavy atom. The standard InChI is InChI=1S/C12H22N4O/c1-8-4-5-17-12(8)11(14-13)7-10-6-9(2)15-16(10)3/h6,8,11-12,14H,4-5,7,13H2,1-3H3. The molecule has 17 heavy (non-hydrogen) atoms. The van der Waals surface area contributed by atoms with Crippen LogP contribution in [0.25, 0.3) is 0 Å². The minimum absolute atomic E-state index is 0.155. The summed E-state index contributed by atoms with van der Waals surface area (Å²) in [6.45, 7) is 5.06. The molecule has 1 saturated heterocycles. The largest absolute Gasteiger partial charge is 0.376 e. The molecule has 0 saturated carbocycles. The Morgan fingerprint density at radius 2 is 2.47 bits per heavy atom. The highest BCUT2D eigenvalue weighted by Crippen LogP contribution is 2.24. The van der Waals surface area contributed by atoms with E-state index in [0.717, 1.165) is 25.1 Å². The maximum absolute atomic E-state index is 5.76. The quantitative estimate of drug-likeness (QED) is 0.593. The summed E-state index contributed by atoms with van der Waals surface area (Å²) in [5.74, 6) is 6.22. The second kappa shape index (κ2) is 5.16. The lowest BCUT2D eigenvalue weighted by atomic mass is 9.95. The van der Waals surface area contributed by atoms with Crippen molar-refractivity contribution in [3.05, 3.63) is 17.5 Å². The summed E-state index contributed by atoms with van der Waals surface area (Å²) < 4.78 is 7.68. The van der Waals surface area contributed by atoms with E-state index in [1.165, 1.54) is 5.69 Å². The van der Waals surface area contributed by atoms with Crippen LogP contribution in [-0.4, -0.2) is 28.5 Å². The van der Waals surface area contributed by atoms with E-state index in [1.54, 1.807) is 0 Å². The molecule has 96 valence electrons. The monoisotopic (exact) mass is 238 g/mol. The molecular weight excluding hydrogens is 216 g/mol. The highest BCUT2D eigenvalue weighted by atomic mass is 16.5. The van der Waals surface area contributed by atoms with Crippen LogP contribution in [0.2, 0.25) is 0 Å². The molecular formula is C12H22N4O. The lowest BCUT2D eigenvalue weighted by molar-refractivity contribution is 0.0605. The van der Waals surface area contributed by atoms with E-state index in [4.69, 9.17) is 10.6 Å². The van der Waals surface area contributed by atoms with Crippen molar-refractivity contribution in [2.45, 2.75) is 38.8 Å². The Morgan fingerprint density at radius 1 is 1.71 bits per heavy atom. The predicted octanol–water partition coefficient (Wildman–Crippen LogP) is 0.528. The fraction of sp³-hybridized carbons (Fsp3) is 0.750. The summed E-state index contributed by atoms with van der Waals surface area (Å²) in [6, 6.07) is 2.26. The van der Waals surface area contributed by atoms with Gasteiger partial charge in [0.2, 0.25) is 0 Å². The van der Waals surface area contributed by atoms with Crippen molar-refractivity contribution in [3.8, 4) is 0 Å². The zero-order valence-corrected chi connectivity index (χ0v) is 10.8. The Labute approximate surface area is 102 Å². The third-order valence-electron chi connectivity index (χ3n) is 3.58. The predicted molar refractivity (Wildman–Crippen MR) is 66.3 cm³/mol. The summed E-state index contributed by atoms with van der Waals surface area (Å²) in [4.78, 5) is 0. The Balaban J connectivity index is 2.07. The minimum Gasteiger partial charge on any atom is -0.376 e. The maximum atomic E-state index is 5.76. The molecule has 3 N–H and O–H groups in total. The molecule has 0 bridgehead atoms. The summed E-state index contributed by atoms with van der Waals surface area (Å²) >= 11 is 0. The molecule has 0 spiro atoms. The van der Waals surface area contributed by atoms with Gasteiger partial charge in [-0.15, -0.1) is 0 Å². The lowest BCUT2D eigenvalue weighted by Crippen LogP contribution is -2.47. The van der Waals surface area contributed by atoms with Crippen LogP contribution in [0.15, 0.2) is 6.07 Å². The maximum Gasteiger partial charge on any atom is 0.0771 e. The summed E-state index contributed by atoms with van der Waals surface area (Å²) in [5.41, 5.74) is 5.12. The van der Waals surface area contributed by atoms with Gasteiger partial charge in [0.05, 0.1) is 17.8 Å². The van der Waals surface area contributed by atoms with Crippen LogP contribution in [0.4, 0.5) is 0 Å². The average molecular weight is 238 g/mol. The van der Waals surface area contributed by atoms with Crippen molar-refractivity contribution in [2.75, 3.05) is 6.61 Å². The number of hydrogen-bond donors (Lipinski definition) is 2. The fourth-order valence-electron chi connectivity index (χ4n) is 2.58. The highest BCUT2D eigenvalue weighted by molar-refractivity contribution is 5.11. The summed E-state index contributed by atoms with van der Waals surface area (Å²) in [7, 11) is 1.97. The first kappa shape index (κ1) is 12.5. The van der Waals surface area contributed by atoms with Gasteiger partial charge in [0, 0.05) is 25.8 Å². The van der Waals surface area contributed by atoms with Crippen LogP contribution in [0.1, 0.15) is 24.7 Å². The molecule has 3 atom stereocenters. The number of nitrogens with zero attached hydrogens (tertiary/aromatic N) is 2. The Hall–Kier alpha value is -0.910. The normalized spacial score (nSPS) is 26.4. The van der Waals surface area contributed by atoms with E-state index in [-0.39, 0.29) is 12.1 Å². The first-order valence-electron chi connectivity index (χ1n) is 6.19. The van der Waals surface area contributed by atoms with E-state index in [9.17, 15) is 0 Å². The molecule has 2 heterocycles. The first-order valence-corrected chi connectivity index (χ1v) is 6.19. The van der Waals surface area contributed by atoms with E-state index >= 15 is 0 Å². The van der Waals surface area contributed by atoms with Crippen LogP contribution in [0.3, 0.4) is 0 Å². The molecule has 1 aromatic heterocycles. The fourth-order valence-corrected chi connectivity index (χ4v) is 2.58. The minimum atomic E-state index is 0.155. The van der Waals surface area contributed by atoms with Gasteiger partial charge in [0.25, 0.3) is 0 Å². The van der Waals surface area contributed by atoms with Crippen molar-refractivity contribution >= 4 is 0 Å². The van der Waals surface area contributed by atoms with Gasteiger partial charge < -0.3 is 4.74 Å². The summed E-state index contributed by atoms with van der Waals surface area (Å²) in [5, 5.41) is 4.35. The molecule has 1 fully saturated rings. The molecule has 0 aliphatic carbocycles. The molecule has 1 aromatic rings. The average Bonchev–Trinajstić information content (AvgIpc) is 2.82. The van der Waals surface area contributed by atoms with Crippen LogP contribution >= 0.6 is 0 Å². The van der Waals surface area contributed by atoms with Gasteiger partial charge in [0.15, 0.2) is 0 Å². The van der Waals surface area contributed by atoms with Gasteiger partial charge in [0.1, 0.15) is 0 Å². The molecule has 0 amide bonds. The highest BCUT2D eigenvalue weighted by Gasteiger charge is 2.32. The van der Waals surface area contributed by atoms with Gasteiger partial charge in [-0.2, -0.15) is 5.10 Å². The van der Waals surface area contributed by atoms with Crippen LogP contribution in [-0.2, 0) is 18.2 Å². The van der Waals surface area contributed by atoms with Crippen molar-refractivity contribution in [3.63, 3.8) is 0 Å². The number of aromatic nitrogens is 2. The lowest BCUT2D eigenvalue weighted by Gasteiger charge is -2.25. The van der Waals surface area contributed by atoms with E-state index in [2.05, 4.69) is 23.5 Å². The second-order valence-corrected chi connectivity index (χ2v) is 4.98. The Bertz CT molecular complexity index is 377. The molecule has 2 rings (SSSR count). The van der Waals surface area contributed by atoms with Crippen molar-refractivity contribution in [2.24, 2.45) is 18.8 Å². The number of rotatable bonds is 4. The number of hydrogen-bond acceptors (Lipinski definition) is 4. The van der Waals surface area contributed by atoms with Gasteiger partial charge in [-0.3, -0.25) is 16.0 Å². The van der Waals surface area contributed by atoms with Crippen LogP contribution in [0, 0.1) is 12.8 Å². The van der Waals surface area contributed by atoms with Gasteiger partial charge in [-0.25, -0.2) is 0 Å². The van der Waals surface area contributed by atoms with Gasteiger partial charge in [-0.05, 0) is 25.3 Å². The molecule has 5 heteroatoms. The zero-order valence-electron chi connectivity index (χ0n) is 10.8. The van der Waals surface area contributed by atoms with Gasteiger partial charge >= 0.3 is 0 Å². The number of hydrazine groups is 1. The zero-order chi connectivity index (χ0) is 12.4. The van der Waals surface area contributed by atoms with Gasteiger partial charge in [-0.1, -0.05) is 6.92 Å². The SMILES string of the molecule is Cc1cc(CC(NN)C2OCCC2C)n(C)n1. The topological polar surface area (TPSA) is 65.1 Å². The van der Waals surface area contributed by atoms with Crippen molar-refractivity contribution < 1.29 is 4.74 Å².